The fourth-order valence-electron chi connectivity index (χ4n) is 3.47. The molecule has 0 spiro atoms. The van der Waals surface area contributed by atoms with E-state index in [2.05, 4.69) is 44.5 Å². The second kappa shape index (κ2) is 7.25. The number of benzene rings is 2. The zero-order chi connectivity index (χ0) is 17.9. The fourth-order valence-corrected chi connectivity index (χ4v) is 3.47. The number of likely N-dealkylation sites (tertiary alicyclic amines) is 1. The molecule has 1 amide bonds. The summed E-state index contributed by atoms with van der Waals surface area (Å²) in [6.07, 6.45) is 1.07. The van der Waals surface area contributed by atoms with Gasteiger partial charge in [-0.05, 0) is 42.6 Å². The van der Waals surface area contributed by atoms with E-state index >= 15 is 0 Å². The van der Waals surface area contributed by atoms with Crippen molar-refractivity contribution in [3.05, 3.63) is 65.7 Å². The number of amides is 1. The highest BCUT2D eigenvalue weighted by atomic mass is 19.1. The number of aromatic nitrogens is 2. The lowest BCUT2D eigenvalue weighted by Gasteiger charge is -2.16. The van der Waals surface area contributed by atoms with Crippen LogP contribution in [-0.2, 0) is 6.54 Å². The van der Waals surface area contributed by atoms with Crippen LogP contribution in [0.2, 0.25) is 0 Å². The van der Waals surface area contributed by atoms with Gasteiger partial charge in [0.1, 0.15) is 5.82 Å². The van der Waals surface area contributed by atoms with Gasteiger partial charge in [0.15, 0.2) is 5.82 Å². The summed E-state index contributed by atoms with van der Waals surface area (Å²) >= 11 is 0. The van der Waals surface area contributed by atoms with E-state index < -0.39 is 0 Å². The molecule has 6 heteroatoms. The Morgan fingerprint density at radius 3 is 2.96 bits per heavy atom. The van der Waals surface area contributed by atoms with E-state index in [0.29, 0.717) is 23.5 Å². The van der Waals surface area contributed by atoms with Gasteiger partial charge in [-0.1, -0.05) is 30.3 Å². The number of carbonyl (C=O) groups is 1. The Bertz CT molecular complexity index is 909. The molecule has 1 fully saturated rings. The van der Waals surface area contributed by atoms with Crippen molar-refractivity contribution < 1.29 is 9.18 Å². The first-order valence-corrected chi connectivity index (χ1v) is 8.87. The minimum Gasteiger partial charge on any atom is -0.349 e. The Hall–Kier alpha value is -2.73. The number of hydrogen-bond acceptors (Lipinski definition) is 3. The topological polar surface area (TPSA) is 61.0 Å². The van der Waals surface area contributed by atoms with E-state index in [4.69, 9.17) is 0 Å². The average Bonchev–Trinajstić information content (AvgIpc) is 3.27. The predicted octanol–water partition coefficient (Wildman–Crippen LogP) is 2.95. The highest BCUT2D eigenvalue weighted by Crippen LogP contribution is 2.18. The van der Waals surface area contributed by atoms with Gasteiger partial charge in [0.25, 0.3) is 5.91 Å². The Labute approximate surface area is 151 Å². The summed E-state index contributed by atoms with van der Waals surface area (Å²) in [6.45, 7) is 3.58. The molecule has 1 atom stereocenters. The molecule has 26 heavy (non-hydrogen) atoms. The van der Waals surface area contributed by atoms with Gasteiger partial charge in [-0.25, -0.2) is 9.37 Å². The maximum absolute atomic E-state index is 13.2. The molecule has 3 aromatic rings. The number of H-pyrrole nitrogens is 1. The Morgan fingerprint density at radius 1 is 1.27 bits per heavy atom. The second-order valence-electron chi connectivity index (χ2n) is 6.83. The van der Waals surface area contributed by atoms with Crippen molar-refractivity contribution in [2.45, 2.75) is 13.0 Å². The molecule has 134 valence electrons. The number of rotatable bonds is 5. The lowest BCUT2D eigenvalue weighted by Crippen LogP contribution is -2.31. The maximum atomic E-state index is 13.2. The number of imidazole rings is 1. The van der Waals surface area contributed by atoms with Crippen molar-refractivity contribution in [3.63, 3.8) is 0 Å². The van der Waals surface area contributed by atoms with Crippen LogP contribution >= 0.6 is 0 Å². The summed E-state index contributed by atoms with van der Waals surface area (Å²) in [4.78, 5) is 21.8. The summed E-state index contributed by atoms with van der Waals surface area (Å²) in [5, 5.41) is 2.95. The lowest BCUT2D eigenvalue weighted by molar-refractivity contribution is 0.0938. The van der Waals surface area contributed by atoms with E-state index in [1.807, 2.05) is 6.07 Å². The molecule has 0 saturated carbocycles. The molecule has 1 saturated heterocycles. The van der Waals surface area contributed by atoms with E-state index in [1.165, 1.54) is 17.7 Å². The van der Waals surface area contributed by atoms with E-state index in [1.54, 1.807) is 6.07 Å². The van der Waals surface area contributed by atoms with E-state index in [0.717, 1.165) is 26.1 Å². The highest BCUT2D eigenvalue weighted by molar-refractivity contribution is 5.94. The van der Waals surface area contributed by atoms with Crippen LogP contribution in [0.1, 0.15) is 22.6 Å². The van der Waals surface area contributed by atoms with Crippen molar-refractivity contribution in [1.82, 2.24) is 20.2 Å². The second-order valence-corrected chi connectivity index (χ2v) is 6.83. The molecular weight excluding hydrogens is 331 g/mol. The molecular formula is C20H21FN4O. The number of nitrogens with zero attached hydrogens (tertiary/aromatic N) is 2. The summed E-state index contributed by atoms with van der Waals surface area (Å²) in [5.74, 6) is 0.0647. The van der Waals surface area contributed by atoms with Crippen molar-refractivity contribution in [1.29, 1.82) is 0 Å². The van der Waals surface area contributed by atoms with Crippen molar-refractivity contribution in [2.75, 3.05) is 19.6 Å². The third kappa shape index (κ3) is 3.75. The molecule has 2 heterocycles. The van der Waals surface area contributed by atoms with Gasteiger partial charge in [0.05, 0.1) is 11.0 Å². The minimum atomic E-state index is -0.349. The maximum Gasteiger partial charge on any atom is 0.287 e. The zero-order valence-electron chi connectivity index (χ0n) is 14.4. The van der Waals surface area contributed by atoms with Gasteiger partial charge in [0.2, 0.25) is 0 Å². The van der Waals surface area contributed by atoms with E-state index in [9.17, 15) is 9.18 Å². The third-order valence-electron chi connectivity index (χ3n) is 4.83. The normalized spacial score (nSPS) is 17.7. The van der Waals surface area contributed by atoms with Crippen LogP contribution in [0, 0.1) is 11.7 Å². The Balaban J connectivity index is 1.30. The minimum absolute atomic E-state index is 0.227. The van der Waals surface area contributed by atoms with Crippen molar-refractivity contribution >= 4 is 16.9 Å². The molecule has 5 nitrogen and oxygen atoms in total. The molecule has 2 aromatic carbocycles. The van der Waals surface area contributed by atoms with Crippen LogP contribution < -0.4 is 5.32 Å². The molecule has 1 unspecified atom stereocenters. The molecule has 1 aromatic heterocycles. The van der Waals surface area contributed by atoms with Crippen LogP contribution in [0.3, 0.4) is 0 Å². The first-order chi connectivity index (χ1) is 12.7. The largest absolute Gasteiger partial charge is 0.349 e. The predicted molar refractivity (Wildman–Crippen MR) is 98.2 cm³/mol. The van der Waals surface area contributed by atoms with Crippen molar-refractivity contribution in [3.8, 4) is 0 Å². The smallest absolute Gasteiger partial charge is 0.287 e. The first-order valence-electron chi connectivity index (χ1n) is 8.87. The number of aromatic amines is 1. The lowest BCUT2D eigenvalue weighted by atomic mass is 10.1. The van der Waals surface area contributed by atoms with Crippen molar-refractivity contribution in [2.24, 2.45) is 5.92 Å². The summed E-state index contributed by atoms with van der Waals surface area (Å²) < 4.78 is 13.2. The molecule has 1 aliphatic heterocycles. The van der Waals surface area contributed by atoms with Gasteiger partial charge >= 0.3 is 0 Å². The first kappa shape index (κ1) is 16.7. The molecule has 0 radical (unpaired) electrons. The van der Waals surface area contributed by atoms with Gasteiger partial charge in [-0.3, -0.25) is 9.69 Å². The van der Waals surface area contributed by atoms with Gasteiger partial charge in [0, 0.05) is 19.6 Å². The molecule has 2 N–H and O–H groups in total. The van der Waals surface area contributed by atoms with Crippen LogP contribution in [0.15, 0.2) is 48.5 Å². The number of hydrogen-bond donors (Lipinski definition) is 2. The van der Waals surface area contributed by atoms with Crippen LogP contribution in [0.4, 0.5) is 4.39 Å². The summed E-state index contributed by atoms with van der Waals surface area (Å²) in [6, 6.07) is 14.7. The number of nitrogens with one attached hydrogen (secondary N) is 2. The Kier molecular flexibility index (Phi) is 4.67. The van der Waals surface area contributed by atoms with E-state index in [-0.39, 0.29) is 17.5 Å². The van der Waals surface area contributed by atoms with Crippen LogP contribution in [0.25, 0.3) is 11.0 Å². The molecule has 0 bridgehead atoms. The highest BCUT2D eigenvalue weighted by Gasteiger charge is 2.23. The molecule has 1 aliphatic rings. The molecule has 4 rings (SSSR count). The quantitative estimate of drug-likeness (QED) is 0.742. The van der Waals surface area contributed by atoms with Crippen LogP contribution in [0.5, 0.6) is 0 Å². The zero-order valence-corrected chi connectivity index (χ0v) is 14.4. The summed E-state index contributed by atoms with van der Waals surface area (Å²) in [7, 11) is 0. The standard InChI is InChI=1S/C20H21FN4O/c21-16-6-7-17-18(10-16)24-19(23-17)20(26)22-11-15-8-9-25(13-15)12-14-4-2-1-3-5-14/h1-7,10,15H,8-9,11-13H2,(H,22,26)(H,23,24). The van der Waals surface area contributed by atoms with Gasteiger partial charge < -0.3 is 10.3 Å². The number of carbonyl (C=O) groups excluding carboxylic acids is 1. The third-order valence-corrected chi connectivity index (χ3v) is 4.83. The van der Waals surface area contributed by atoms with Gasteiger partial charge in [-0.15, -0.1) is 0 Å². The SMILES string of the molecule is O=C(NCC1CCN(Cc2ccccc2)C1)c1nc2ccc(F)cc2[nH]1. The van der Waals surface area contributed by atoms with Gasteiger partial charge in [-0.2, -0.15) is 0 Å². The fraction of sp³-hybridized carbons (Fsp3) is 0.300. The summed E-state index contributed by atoms with van der Waals surface area (Å²) in [5.41, 5.74) is 2.43. The number of fused-ring (bicyclic) bond motifs is 1. The average molecular weight is 352 g/mol. The molecule has 0 aliphatic carbocycles. The Morgan fingerprint density at radius 2 is 2.12 bits per heavy atom. The monoisotopic (exact) mass is 352 g/mol. The van der Waals surface area contributed by atoms with Crippen LogP contribution in [-0.4, -0.2) is 40.4 Å². The number of halogens is 1.